The molecule has 1 aromatic heterocycles. The van der Waals surface area contributed by atoms with Crippen molar-refractivity contribution in [3.05, 3.63) is 48.5 Å². The van der Waals surface area contributed by atoms with Crippen LogP contribution in [0, 0.1) is 0 Å². The molecule has 1 N–H and O–H groups in total. The van der Waals surface area contributed by atoms with Gasteiger partial charge in [-0.25, -0.2) is 4.98 Å². The zero-order valence-corrected chi connectivity index (χ0v) is 8.34. The molecule has 0 spiro atoms. The van der Waals surface area contributed by atoms with Crippen LogP contribution in [-0.4, -0.2) is 22.5 Å². The second-order valence-electron chi connectivity index (χ2n) is 3.10. The van der Waals surface area contributed by atoms with E-state index in [2.05, 4.69) is 10.3 Å². The maximum atomic E-state index is 11.3. The Labute approximate surface area is 87.6 Å². The van der Waals surface area contributed by atoms with Gasteiger partial charge in [-0.1, -0.05) is 0 Å². The van der Waals surface area contributed by atoms with Crippen LogP contribution in [0.3, 0.4) is 0 Å². The molecule has 1 amide bonds. The summed E-state index contributed by atoms with van der Waals surface area (Å²) >= 11 is 0. The Morgan fingerprint density at radius 2 is 2.07 bits per heavy atom. The number of carbonyl (C=O) groups excluding carboxylic acids is 1. The van der Waals surface area contributed by atoms with Gasteiger partial charge in [0.15, 0.2) is 0 Å². The third kappa shape index (κ3) is 1.88. The molecule has 0 saturated carbocycles. The molecule has 4 nitrogen and oxygen atoms in total. The SMILES string of the molecule is CNC(=O)c1ccc(-n2ccnc2)cc1. The van der Waals surface area contributed by atoms with E-state index in [1.54, 1.807) is 31.7 Å². The fourth-order valence-corrected chi connectivity index (χ4v) is 1.34. The molecule has 1 aromatic carbocycles. The summed E-state index contributed by atoms with van der Waals surface area (Å²) in [6, 6.07) is 7.33. The molecule has 0 aliphatic rings. The number of nitrogens with one attached hydrogen (secondary N) is 1. The molecule has 0 aliphatic heterocycles. The van der Waals surface area contributed by atoms with Crippen molar-refractivity contribution in [1.29, 1.82) is 0 Å². The Kier molecular flexibility index (Phi) is 2.49. The van der Waals surface area contributed by atoms with E-state index in [1.807, 2.05) is 22.9 Å². The van der Waals surface area contributed by atoms with Crippen molar-refractivity contribution in [2.75, 3.05) is 7.05 Å². The molecule has 0 bridgehead atoms. The highest BCUT2D eigenvalue weighted by atomic mass is 16.1. The maximum absolute atomic E-state index is 11.3. The van der Waals surface area contributed by atoms with Gasteiger partial charge < -0.3 is 9.88 Å². The summed E-state index contributed by atoms with van der Waals surface area (Å²) in [7, 11) is 1.62. The van der Waals surface area contributed by atoms with Crippen molar-refractivity contribution in [3.8, 4) is 5.69 Å². The molecule has 0 unspecified atom stereocenters. The molecule has 0 fully saturated rings. The minimum absolute atomic E-state index is 0.0767. The molecule has 0 radical (unpaired) electrons. The van der Waals surface area contributed by atoms with Gasteiger partial charge in [0.25, 0.3) is 5.91 Å². The monoisotopic (exact) mass is 201 g/mol. The van der Waals surface area contributed by atoms with Crippen LogP contribution in [0.1, 0.15) is 10.4 Å². The van der Waals surface area contributed by atoms with Crippen LogP contribution in [-0.2, 0) is 0 Å². The largest absolute Gasteiger partial charge is 0.355 e. The highest BCUT2D eigenvalue weighted by Gasteiger charge is 2.02. The maximum Gasteiger partial charge on any atom is 0.251 e. The summed E-state index contributed by atoms with van der Waals surface area (Å²) in [5.41, 5.74) is 1.64. The Hall–Kier alpha value is -2.10. The van der Waals surface area contributed by atoms with E-state index in [9.17, 15) is 4.79 Å². The summed E-state index contributed by atoms with van der Waals surface area (Å²) in [5.74, 6) is -0.0767. The molecular formula is C11H11N3O. The number of benzene rings is 1. The predicted octanol–water partition coefficient (Wildman–Crippen LogP) is 1.23. The number of carbonyl (C=O) groups is 1. The summed E-state index contributed by atoms with van der Waals surface area (Å²) in [5, 5.41) is 2.58. The smallest absolute Gasteiger partial charge is 0.251 e. The quantitative estimate of drug-likeness (QED) is 0.794. The fourth-order valence-electron chi connectivity index (χ4n) is 1.34. The number of hydrogen-bond donors (Lipinski definition) is 1. The molecule has 15 heavy (non-hydrogen) atoms. The number of nitrogens with zero attached hydrogens (tertiary/aromatic N) is 2. The topological polar surface area (TPSA) is 46.9 Å². The first-order chi connectivity index (χ1) is 7.31. The Bertz CT molecular complexity index is 445. The number of imidazole rings is 1. The third-order valence-corrected chi connectivity index (χ3v) is 2.16. The highest BCUT2D eigenvalue weighted by molar-refractivity contribution is 5.94. The van der Waals surface area contributed by atoms with Crippen LogP contribution in [0.15, 0.2) is 43.0 Å². The van der Waals surface area contributed by atoms with E-state index in [1.165, 1.54) is 0 Å². The zero-order valence-electron chi connectivity index (χ0n) is 8.34. The van der Waals surface area contributed by atoms with Gasteiger partial charge in [-0.2, -0.15) is 0 Å². The summed E-state index contributed by atoms with van der Waals surface area (Å²) in [4.78, 5) is 15.2. The van der Waals surface area contributed by atoms with Crippen LogP contribution in [0.4, 0.5) is 0 Å². The Balaban J connectivity index is 2.29. The van der Waals surface area contributed by atoms with E-state index in [4.69, 9.17) is 0 Å². The number of amides is 1. The lowest BCUT2D eigenvalue weighted by Gasteiger charge is -2.03. The first-order valence-corrected chi connectivity index (χ1v) is 4.62. The minimum Gasteiger partial charge on any atom is -0.355 e. The van der Waals surface area contributed by atoms with E-state index < -0.39 is 0 Å². The summed E-state index contributed by atoms with van der Waals surface area (Å²) < 4.78 is 1.88. The molecule has 2 aromatic rings. The van der Waals surface area contributed by atoms with Crippen LogP contribution in [0.2, 0.25) is 0 Å². The van der Waals surface area contributed by atoms with Gasteiger partial charge in [0.2, 0.25) is 0 Å². The molecule has 0 atom stereocenters. The number of aromatic nitrogens is 2. The van der Waals surface area contributed by atoms with E-state index in [0.717, 1.165) is 5.69 Å². The van der Waals surface area contributed by atoms with Crippen molar-refractivity contribution < 1.29 is 4.79 Å². The van der Waals surface area contributed by atoms with E-state index >= 15 is 0 Å². The van der Waals surface area contributed by atoms with Gasteiger partial charge in [0, 0.05) is 30.7 Å². The van der Waals surface area contributed by atoms with Crippen LogP contribution >= 0.6 is 0 Å². The van der Waals surface area contributed by atoms with Crippen molar-refractivity contribution in [3.63, 3.8) is 0 Å². The van der Waals surface area contributed by atoms with Crippen molar-refractivity contribution in [2.24, 2.45) is 0 Å². The first-order valence-electron chi connectivity index (χ1n) is 4.62. The van der Waals surface area contributed by atoms with E-state index in [0.29, 0.717) is 5.56 Å². The van der Waals surface area contributed by atoms with Crippen LogP contribution < -0.4 is 5.32 Å². The molecule has 1 heterocycles. The number of hydrogen-bond acceptors (Lipinski definition) is 2. The van der Waals surface area contributed by atoms with Crippen molar-refractivity contribution >= 4 is 5.91 Å². The van der Waals surface area contributed by atoms with Crippen molar-refractivity contribution in [1.82, 2.24) is 14.9 Å². The average Bonchev–Trinajstić information content (AvgIpc) is 2.82. The molecular weight excluding hydrogens is 190 g/mol. The number of rotatable bonds is 2. The highest BCUT2D eigenvalue weighted by Crippen LogP contribution is 2.08. The van der Waals surface area contributed by atoms with Gasteiger partial charge >= 0.3 is 0 Å². The van der Waals surface area contributed by atoms with E-state index in [-0.39, 0.29) is 5.91 Å². The van der Waals surface area contributed by atoms with Crippen molar-refractivity contribution in [2.45, 2.75) is 0 Å². The molecule has 0 saturated heterocycles. The van der Waals surface area contributed by atoms with Gasteiger partial charge in [0.1, 0.15) is 0 Å². The van der Waals surface area contributed by atoms with Crippen LogP contribution in [0.25, 0.3) is 5.69 Å². The van der Waals surface area contributed by atoms with Gasteiger partial charge in [0.05, 0.1) is 6.33 Å². The fraction of sp³-hybridized carbons (Fsp3) is 0.0909. The van der Waals surface area contributed by atoms with Gasteiger partial charge in [-0.15, -0.1) is 0 Å². The third-order valence-electron chi connectivity index (χ3n) is 2.16. The molecule has 2 rings (SSSR count). The Morgan fingerprint density at radius 1 is 1.33 bits per heavy atom. The normalized spacial score (nSPS) is 9.93. The lowest BCUT2D eigenvalue weighted by Crippen LogP contribution is -2.17. The van der Waals surface area contributed by atoms with Gasteiger partial charge in [-0.05, 0) is 24.3 Å². The standard InChI is InChI=1S/C11H11N3O/c1-12-11(15)9-2-4-10(5-3-9)14-7-6-13-8-14/h2-8H,1H3,(H,12,15). The Morgan fingerprint density at radius 3 is 2.60 bits per heavy atom. The second-order valence-corrected chi connectivity index (χ2v) is 3.10. The molecule has 0 aliphatic carbocycles. The minimum atomic E-state index is -0.0767. The molecule has 76 valence electrons. The summed E-state index contributed by atoms with van der Waals surface area (Å²) in [6.45, 7) is 0. The predicted molar refractivity (Wildman–Crippen MR) is 57.0 cm³/mol. The zero-order chi connectivity index (χ0) is 10.7. The molecule has 4 heteroatoms. The average molecular weight is 201 g/mol. The summed E-state index contributed by atoms with van der Waals surface area (Å²) in [6.07, 6.45) is 5.29. The van der Waals surface area contributed by atoms with Gasteiger partial charge in [-0.3, -0.25) is 4.79 Å². The lowest BCUT2D eigenvalue weighted by atomic mass is 10.2. The lowest BCUT2D eigenvalue weighted by molar-refractivity contribution is 0.0963. The first kappa shape index (κ1) is 9.45. The second kappa shape index (κ2) is 3.96. The van der Waals surface area contributed by atoms with Crippen LogP contribution in [0.5, 0.6) is 0 Å².